The largest absolute Gasteiger partial charge is 0.431 e. The van der Waals surface area contributed by atoms with Gasteiger partial charge < -0.3 is 8.98 Å². The lowest BCUT2D eigenvalue weighted by Crippen LogP contribution is -1.88. The number of aryl methyl sites for hydroxylation is 1. The molecule has 0 saturated heterocycles. The lowest BCUT2D eigenvalue weighted by atomic mass is 10.6. The predicted octanol–water partition coefficient (Wildman–Crippen LogP) is 2.41. The third-order valence-corrected chi connectivity index (χ3v) is 1.99. The molecule has 0 aliphatic carbocycles. The minimum atomic E-state index is 0.734. The van der Waals surface area contributed by atoms with Crippen LogP contribution in [0.1, 0.15) is 6.92 Å². The lowest BCUT2D eigenvalue weighted by Gasteiger charge is -1.92. The molecule has 0 amide bonds. The maximum absolute atomic E-state index is 5.35. The number of rotatable bonds is 1. The Kier molecular flexibility index (Phi) is 1.49. The van der Waals surface area contributed by atoms with E-state index in [-0.39, 0.29) is 0 Å². The van der Waals surface area contributed by atoms with Crippen LogP contribution in [0.2, 0.25) is 0 Å². The summed E-state index contributed by atoms with van der Waals surface area (Å²) >= 11 is 3.25. The fraction of sp³-hybridized carbons (Fsp3) is 0.286. The van der Waals surface area contributed by atoms with Gasteiger partial charge in [0.15, 0.2) is 4.67 Å². The third-order valence-electron chi connectivity index (χ3n) is 1.60. The van der Waals surface area contributed by atoms with Gasteiger partial charge in [-0.05, 0) is 22.9 Å². The zero-order chi connectivity index (χ0) is 7.84. The van der Waals surface area contributed by atoms with Crippen LogP contribution in [0.15, 0.2) is 21.5 Å². The Labute approximate surface area is 72.1 Å². The smallest absolute Gasteiger partial charge is 0.228 e. The van der Waals surface area contributed by atoms with E-state index in [1.807, 2.05) is 10.6 Å². The Morgan fingerprint density at radius 1 is 1.73 bits per heavy atom. The van der Waals surface area contributed by atoms with Gasteiger partial charge in [-0.1, -0.05) is 0 Å². The first-order valence-electron chi connectivity index (χ1n) is 3.41. The summed E-state index contributed by atoms with van der Waals surface area (Å²) in [6.45, 7) is 2.94. The van der Waals surface area contributed by atoms with Gasteiger partial charge in [0, 0.05) is 12.6 Å². The molecule has 0 aliphatic rings. The van der Waals surface area contributed by atoms with Gasteiger partial charge in [-0.3, -0.25) is 0 Å². The van der Waals surface area contributed by atoms with Gasteiger partial charge in [0.05, 0.1) is 6.33 Å². The van der Waals surface area contributed by atoms with Crippen LogP contribution in [-0.2, 0) is 6.54 Å². The van der Waals surface area contributed by atoms with Crippen molar-refractivity contribution in [3.8, 4) is 0 Å². The standard InChI is InChI=1S/C7H7BrN2O/c1-2-10-4-9-5-3-6(8)11-7(5)10/h3-4H,2H2,1H3. The number of aromatic nitrogens is 2. The Morgan fingerprint density at radius 2 is 2.55 bits per heavy atom. The molecule has 3 nitrogen and oxygen atoms in total. The van der Waals surface area contributed by atoms with E-state index in [2.05, 4.69) is 27.8 Å². The summed E-state index contributed by atoms with van der Waals surface area (Å²) in [4.78, 5) is 4.15. The quantitative estimate of drug-likeness (QED) is 0.731. The second-order valence-electron chi connectivity index (χ2n) is 2.27. The number of imidazole rings is 1. The van der Waals surface area contributed by atoms with Crippen molar-refractivity contribution in [2.75, 3.05) is 0 Å². The monoisotopic (exact) mass is 214 g/mol. The summed E-state index contributed by atoms with van der Waals surface area (Å²) in [6.07, 6.45) is 1.78. The van der Waals surface area contributed by atoms with E-state index in [1.54, 1.807) is 6.33 Å². The molecule has 0 aromatic carbocycles. The van der Waals surface area contributed by atoms with Crippen LogP contribution in [-0.4, -0.2) is 9.55 Å². The van der Waals surface area contributed by atoms with Crippen molar-refractivity contribution in [1.29, 1.82) is 0 Å². The van der Waals surface area contributed by atoms with E-state index in [0.717, 1.165) is 22.4 Å². The zero-order valence-electron chi connectivity index (χ0n) is 6.04. The number of nitrogens with zero attached hydrogens (tertiary/aromatic N) is 2. The summed E-state index contributed by atoms with van der Waals surface area (Å²) in [5.41, 5.74) is 1.73. The number of hydrogen-bond donors (Lipinski definition) is 0. The zero-order valence-corrected chi connectivity index (χ0v) is 7.63. The van der Waals surface area contributed by atoms with Crippen molar-refractivity contribution in [3.63, 3.8) is 0 Å². The second-order valence-corrected chi connectivity index (χ2v) is 3.05. The predicted molar refractivity (Wildman–Crippen MR) is 45.4 cm³/mol. The molecule has 4 heteroatoms. The molecule has 0 saturated carbocycles. The molecule has 2 heterocycles. The van der Waals surface area contributed by atoms with Gasteiger partial charge >= 0.3 is 0 Å². The van der Waals surface area contributed by atoms with Gasteiger partial charge in [0.25, 0.3) is 0 Å². The number of furan rings is 1. The van der Waals surface area contributed by atoms with Crippen LogP contribution in [0.5, 0.6) is 0 Å². The van der Waals surface area contributed by atoms with Gasteiger partial charge in [0.2, 0.25) is 5.71 Å². The first kappa shape index (κ1) is 6.91. The van der Waals surface area contributed by atoms with Gasteiger partial charge in [-0.15, -0.1) is 0 Å². The molecule has 0 bridgehead atoms. The average molecular weight is 215 g/mol. The molecule has 58 valence electrons. The SMILES string of the molecule is CCn1cnc2cc(Br)oc21. The Balaban J connectivity index is 2.73. The maximum atomic E-state index is 5.35. The Morgan fingerprint density at radius 3 is 3.27 bits per heavy atom. The van der Waals surface area contributed by atoms with Crippen LogP contribution < -0.4 is 0 Å². The van der Waals surface area contributed by atoms with E-state index in [9.17, 15) is 0 Å². The number of fused-ring (bicyclic) bond motifs is 1. The summed E-state index contributed by atoms with van der Waals surface area (Å²) in [7, 11) is 0. The minimum Gasteiger partial charge on any atom is -0.431 e. The highest BCUT2D eigenvalue weighted by Gasteiger charge is 2.05. The minimum absolute atomic E-state index is 0.734. The van der Waals surface area contributed by atoms with Crippen LogP contribution in [0, 0.1) is 0 Å². The third kappa shape index (κ3) is 0.976. The van der Waals surface area contributed by atoms with Crippen molar-refractivity contribution in [1.82, 2.24) is 9.55 Å². The van der Waals surface area contributed by atoms with Crippen molar-refractivity contribution in [2.45, 2.75) is 13.5 Å². The molecule has 0 spiro atoms. The van der Waals surface area contributed by atoms with Gasteiger partial charge in [-0.2, -0.15) is 0 Å². The Hall–Kier alpha value is -0.770. The van der Waals surface area contributed by atoms with E-state index in [1.165, 1.54) is 0 Å². The molecule has 11 heavy (non-hydrogen) atoms. The molecular weight excluding hydrogens is 208 g/mol. The molecule has 2 aromatic heterocycles. The van der Waals surface area contributed by atoms with E-state index < -0.39 is 0 Å². The van der Waals surface area contributed by atoms with Crippen LogP contribution in [0.4, 0.5) is 0 Å². The van der Waals surface area contributed by atoms with E-state index in [0.29, 0.717) is 0 Å². The average Bonchev–Trinajstić information content (AvgIpc) is 2.45. The second kappa shape index (κ2) is 2.37. The van der Waals surface area contributed by atoms with Crippen molar-refractivity contribution in [2.24, 2.45) is 0 Å². The van der Waals surface area contributed by atoms with Crippen molar-refractivity contribution in [3.05, 3.63) is 17.1 Å². The molecule has 0 N–H and O–H groups in total. The molecule has 0 fully saturated rings. The molecule has 2 rings (SSSR count). The molecule has 0 aliphatic heterocycles. The summed E-state index contributed by atoms with van der Waals surface area (Å²) in [5, 5.41) is 0. The first-order valence-corrected chi connectivity index (χ1v) is 4.20. The highest BCUT2D eigenvalue weighted by atomic mass is 79.9. The van der Waals surface area contributed by atoms with Crippen LogP contribution in [0.25, 0.3) is 11.2 Å². The topological polar surface area (TPSA) is 31.0 Å². The number of halogens is 1. The first-order chi connectivity index (χ1) is 5.31. The summed E-state index contributed by atoms with van der Waals surface area (Å²) in [5.74, 6) is 0. The van der Waals surface area contributed by atoms with E-state index >= 15 is 0 Å². The molecule has 0 atom stereocenters. The Bertz CT molecular complexity index is 377. The molecule has 0 radical (unpaired) electrons. The van der Waals surface area contributed by atoms with E-state index in [4.69, 9.17) is 4.42 Å². The fourth-order valence-corrected chi connectivity index (χ4v) is 1.42. The molecule has 0 unspecified atom stereocenters. The van der Waals surface area contributed by atoms with Crippen molar-refractivity contribution >= 4 is 27.2 Å². The summed E-state index contributed by atoms with van der Waals surface area (Å²) in [6, 6.07) is 1.86. The normalized spacial score (nSPS) is 11.1. The molecular formula is C7H7BrN2O. The van der Waals surface area contributed by atoms with Gasteiger partial charge in [0.1, 0.15) is 5.52 Å². The van der Waals surface area contributed by atoms with Crippen LogP contribution in [0.3, 0.4) is 0 Å². The van der Waals surface area contributed by atoms with Crippen molar-refractivity contribution < 1.29 is 4.42 Å². The van der Waals surface area contributed by atoms with Crippen LogP contribution >= 0.6 is 15.9 Å². The summed E-state index contributed by atoms with van der Waals surface area (Å²) < 4.78 is 8.04. The number of hydrogen-bond acceptors (Lipinski definition) is 2. The van der Waals surface area contributed by atoms with Gasteiger partial charge in [-0.25, -0.2) is 4.98 Å². The lowest BCUT2D eigenvalue weighted by molar-refractivity contribution is 0.547. The maximum Gasteiger partial charge on any atom is 0.228 e. The fourth-order valence-electron chi connectivity index (χ4n) is 1.05. The highest BCUT2D eigenvalue weighted by Crippen LogP contribution is 2.21. The highest BCUT2D eigenvalue weighted by molar-refractivity contribution is 9.10. The molecule has 2 aromatic rings.